The third-order valence-corrected chi connectivity index (χ3v) is 4.75. The summed E-state index contributed by atoms with van der Waals surface area (Å²) in [6, 6.07) is 2.80. The molecular formula is C10H11N3O6S. The first-order chi connectivity index (χ1) is 9.28. The second-order valence-corrected chi connectivity index (χ2v) is 6.69. The van der Waals surface area contributed by atoms with Gasteiger partial charge in [-0.2, -0.15) is 0 Å². The van der Waals surface area contributed by atoms with E-state index >= 15 is 0 Å². The van der Waals surface area contributed by atoms with Crippen LogP contribution in [0.3, 0.4) is 0 Å². The van der Waals surface area contributed by atoms with Crippen molar-refractivity contribution in [2.75, 3.05) is 16.8 Å². The number of nitrogens with zero attached hydrogens (tertiary/aromatic N) is 2. The third kappa shape index (κ3) is 3.02. The molecule has 1 atom stereocenters. The number of nitrogens with one attached hydrogen (secondary N) is 1. The number of nitro benzene ring substituents is 2. The van der Waals surface area contributed by atoms with E-state index in [0.29, 0.717) is 6.42 Å². The second kappa shape index (κ2) is 5.04. The second-order valence-electron chi connectivity index (χ2n) is 4.46. The van der Waals surface area contributed by atoms with Gasteiger partial charge in [-0.05, 0) is 12.5 Å². The Morgan fingerprint density at radius 1 is 1.20 bits per heavy atom. The van der Waals surface area contributed by atoms with Gasteiger partial charge in [-0.25, -0.2) is 8.42 Å². The fourth-order valence-electron chi connectivity index (χ4n) is 2.04. The lowest BCUT2D eigenvalue weighted by molar-refractivity contribution is -0.393. The van der Waals surface area contributed by atoms with E-state index in [1.54, 1.807) is 0 Å². The summed E-state index contributed by atoms with van der Waals surface area (Å²) in [4.78, 5) is 20.1. The van der Waals surface area contributed by atoms with Gasteiger partial charge < -0.3 is 5.32 Å². The number of rotatable bonds is 4. The molecule has 1 heterocycles. The lowest BCUT2D eigenvalue weighted by Gasteiger charge is -2.12. The number of sulfone groups is 1. The average molecular weight is 301 g/mol. The van der Waals surface area contributed by atoms with Crippen LogP contribution in [0.4, 0.5) is 17.1 Å². The Morgan fingerprint density at radius 2 is 1.90 bits per heavy atom. The molecule has 0 spiro atoms. The number of nitro groups is 2. The molecule has 2 rings (SSSR count). The van der Waals surface area contributed by atoms with E-state index in [1.807, 2.05) is 0 Å². The van der Waals surface area contributed by atoms with Crippen LogP contribution in [0.25, 0.3) is 0 Å². The Labute approximate surface area is 113 Å². The van der Waals surface area contributed by atoms with Gasteiger partial charge in [-0.3, -0.25) is 20.2 Å². The van der Waals surface area contributed by atoms with Crippen molar-refractivity contribution in [2.24, 2.45) is 0 Å². The maximum atomic E-state index is 11.3. The number of non-ortho nitro benzene ring substituents is 1. The van der Waals surface area contributed by atoms with E-state index in [2.05, 4.69) is 5.32 Å². The molecule has 0 saturated carbocycles. The van der Waals surface area contributed by atoms with Crippen LogP contribution in [0.5, 0.6) is 0 Å². The van der Waals surface area contributed by atoms with Gasteiger partial charge in [0.1, 0.15) is 5.69 Å². The Balaban J connectivity index is 2.28. The number of anilines is 1. The molecule has 1 fully saturated rings. The normalized spacial score (nSPS) is 20.5. The lowest BCUT2D eigenvalue weighted by atomic mass is 10.2. The SMILES string of the molecule is O=[N+]([O-])c1ccc(NC2CCS(=O)(=O)C2)c([N+](=O)[O-])c1. The zero-order valence-corrected chi connectivity index (χ0v) is 11.0. The predicted octanol–water partition coefficient (Wildman–Crippen LogP) is 1.10. The molecule has 1 saturated heterocycles. The van der Waals surface area contributed by atoms with E-state index < -0.39 is 31.4 Å². The van der Waals surface area contributed by atoms with Crippen molar-refractivity contribution in [1.82, 2.24) is 0 Å². The quantitative estimate of drug-likeness (QED) is 0.650. The first-order valence-electron chi connectivity index (χ1n) is 5.68. The van der Waals surface area contributed by atoms with E-state index in [-0.39, 0.29) is 22.9 Å². The van der Waals surface area contributed by atoms with Crippen molar-refractivity contribution < 1.29 is 18.3 Å². The Hall–Kier alpha value is -2.23. The minimum absolute atomic E-state index is 0.0332. The maximum Gasteiger partial charge on any atom is 0.299 e. The van der Waals surface area contributed by atoms with Crippen LogP contribution in [0.2, 0.25) is 0 Å². The zero-order chi connectivity index (χ0) is 14.9. The first-order valence-corrected chi connectivity index (χ1v) is 7.50. The molecule has 0 aromatic heterocycles. The Bertz CT molecular complexity index is 672. The molecule has 1 unspecified atom stereocenters. The standard InChI is InChI=1S/C10H11N3O6S/c14-12(15)8-1-2-9(10(5-8)13(16)17)11-7-3-4-20(18,19)6-7/h1-2,5,7,11H,3-4,6H2. The lowest BCUT2D eigenvalue weighted by Crippen LogP contribution is -2.21. The van der Waals surface area contributed by atoms with E-state index in [1.165, 1.54) is 6.07 Å². The van der Waals surface area contributed by atoms with Crippen molar-refractivity contribution >= 4 is 26.9 Å². The van der Waals surface area contributed by atoms with Gasteiger partial charge in [0, 0.05) is 12.1 Å². The Morgan fingerprint density at radius 3 is 2.40 bits per heavy atom. The largest absolute Gasteiger partial charge is 0.376 e. The number of hydrogen-bond acceptors (Lipinski definition) is 7. The highest BCUT2D eigenvalue weighted by Crippen LogP contribution is 2.30. The highest BCUT2D eigenvalue weighted by atomic mass is 32.2. The summed E-state index contributed by atoms with van der Waals surface area (Å²) < 4.78 is 22.7. The number of hydrogen-bond donors (Lipinski definition) is 1. The van der Waals surface area contributed by atoms with Crippen LogP contribution in [0.1, 0.15) is 6.42 Å². The smallest absolute Gasteiger partial charge is 0.299 e. The van der Waals surface area contributed by atoms with Crippen molar-refractivity contribution in [3.63, 3.8) is 0 Å². The van der Waals surface area contributed by atoms with Gasteiger partial charge >= 0.3 is 0 Å². The molecule has 1 aliphatic rings. The van der Waals surface area contributed by atoms with Crippen molar-refractivity contribution in [3.05, 3.63) is 38.4 Å². The highest BCUT2D eigenvalue weighted by Gasteiger charge is 2.29. The first kappa shape index (κ1) is 14.2. The monoisotopic (exact) mass is 301 g/mol. The Kier molecular flexibility index (Phi) is 3.57. The topological polar surface area (TPSA) is 132 Å². The molecule has 9 nitrogen and oxygen atoms in total. The van der Waals surface area contributed by atoms with Crippen LogP contribution in [-0.4, -0.2) is 35.8 Å². The van der Waals surface area contributed by atoms with Crippen molar-refractivity contribution in [2.45, 2.75) is 12.5 Å². The summed E-state index contributed by atoms with van der Waals surface area (Å²) in [6.07, 6.45) is 0.358. The molecule has 1 aliphatic heterocycles. The molecule has 0 aliphatic carbocycles. The van der Waals surface area contributed by atoms with Crippen LogP contribution >= 0.6 is 0 Å². The van der Waals surface area contributed by atoms with Crippen LogP contribution in [0, 0.1) is 20.2 Å². The summed E-state index contributed by atoms with van der Waals surface area (Å²) >= 11 is 0. The summed E-state index contributed by atoms with van der Waals surface area (Å²) in [5, 5.41) is 24.3. The fraction of sp³-hybridized carbons (Fsp3) is 0.400. The van der Waals surface area contributed by atoms with Crippen LogP contribution in [0.15, 0.2) is 18.2 Å². The maximum absolute atomic E-state index is 11.3. The molecule has 1 aromatic carbocycles. The van der Waals surface area contributed by atoms with Gasteiger partial charge in [0.25, 0.3) is 11.4 Å². The minimum Gasteiger partial charge on any atom is -0.376 e. The molecule has 0 radical (unpaired) electrons. The van der Waals surface area contributed by atoms with E-state index in [0.717, 1.165) is 12.1 Å². The van der Waals surface area contributed by atoms with Gasteiger partial charge in [0.05, 0.1) is 27.4 Å². The predicted molar refractivity (Wildman–Crippen MR) is 70.4 cm³/mol. The average Bonchev–Trinajstić information content (AvgIpc) is 2.68. The molecule has 1 aromatic rings. The summed E-state index contributed by atoms with van der Waals surface area (Å²) in [7, 11) is -3.11. The molecular weight excluding hydrogens is 290 g/mol. The molecule has 0 amide bonds. The van der Waals surface area contributed by atoms with E-state index in [4.69, 9.17) is 0 Å². The summed E-state index contributed by atoms with van der Waals surface area (Å²) in [6.45, 7) is 0. The van der Waals surface area contributed by atoms with Gasteiger partial charge in [-0.15, -0.1) is 0 Å². The van der Waals surface area contributed by atoms with Gasteiger partial charge in [0.2, 0.25) is 0 Å². The van der Waals surface area contributed by atoms with Crippen LogP contribution < -0.4 is 5.32 Å². The fourth-order valence-corrected chi connectivity index (χ4v) is 3.71. The van der Waals surface area contributed by atoms with E-state index in [9.17, 15) is 28.6 Å². The molecule has 1 N–H and O–H groups in total. The molecule has 108 valence electrons. The van der Waals surface area contributed by atoms with Gasteiger partial charge in [-0.1, -0.05) is 0 Å². The van der Waals surface area contributed by atoms with Crippen LogP contribution in [-0.2, 0) is 9.84 Å². The van der Waals surface area contributed by atoms with Crippen molar-refractivity contribution in [3.8, 4) is 0 Å². The molecule has 0 bridgehead atoms. The van der Waals surface area contributed by atoms with Gasteiger partial charge in [0.15, 0.2) is 9.84 Å². The molecule has 20 heavy (non-hydrogen) atoms. The van der Waals surface area contributed by atoms with Crippen molar-refractivity contribution in [1.29, 1.82) is 0 Å². The minimum atomic E-state index is -3.11. The number of benzene rings is 1. The third-order valence-electron chi connectivity index (χ3n) is 2.98. The summed E-state index contributed by atoms with van der Waals surface area (Å²) in [5.41, 5.74) is -0.743. The molecule has 10 heteroatoms. The summed E-state index contributed by atoms with van der Waals surface area (Å²) in [5.74, 6) is -0.0629. The zero-order valence-electron chi connectivity index (χ0n) is 10.2. The highest BCUT2D eigenvalue weighted by molar-refractivity contribution is 7.91.